The Balaban J connectivity index is 1.39. The van der Waals surface area contributed by atoms with E-state index < -0.39 is 9.84 Å². The van der Waals surface area contributed by atoms with Crippen LogP contribution in [0.4, 0.5) is 0 Å². The number of benzene rings is 1. The fourth-order valence-electron chi connectivity index (χ4n) is 4.53. The Morgan fingerprint density at radius 1 is 1.21 bits per heavy atom. The largest absolute Gasteiger partial charge is 0.376 e. The van der Waals surface area contributed by atoms with Crippen LogP contribution in [0.5, 0.6) is 0 Å². The van der Waals surface area contributed by atoms with Crippen molar-refractivity contribution in [2.75, 3.05) is 44.3 Å². The molecule has 2 fully saturated rings. The summed E-state index contributed by atoms with van der Waals surface area (Å²) in [7, 11) is -3.04. The molecular weight excluding hydrogens is 388 g/mol. The van der Waals surface area contributed by atoms with Gasteiger partial charge in [-0.05, 0) is 36.8 Å². The van der Waals surface area contributed by atoms with Crippen molar-refractivity contribution in [2.45, 2.75) is 37.8 Å². The first-order valence-electron chi connectivity index (χ1n) is 10.6. The quantitative estimate of drug-likeness (QED) is 0.707. The van der Waals surface area contributed by atoms with E-state index in [-0.39, 0.29) is 29.6 Å². The van der Waals surface area contributed by atoms with Crippen molar-refractivity contribution in [3.8, 4) is 0 Å². The molecule has 1 aromatic rings. The van der Waals surface area contributed by atoms with Crippen LogP contribution in [0.1, 0.15) is 31.2 Å². The van der Waals surface area contributed by atoms with E-state index in [9.17, 15) is 13.2 Å². The van der Waals surface area contributed by atoms with Crippen LogP contribution >= 0.6 is 0 Å². The van der Waals surface area contributed by atoms with Crippen LogP contribution in [0.25, 0.3) is 5.57 Å². The van der Waals surface area contributed by atoms with E-state index in [1.807, 2.05) is 18.2 Å². The molecule has 158 valence electrons. The molecule has 3 aliphatic heterocycles. The van der Waals surface area contributed by atoms with Gasteiger partial charge in [0.25, 0.3) is 0 Å². The second kappa shape index (κ2) is 8.98. The zero-order valence-corrected chi connectivity index (χ0v) is 17.6. The fourth-order valence-corrected chi connectivity index (χ4v) is 6.27. The summed E-state index contributed by atoms with van der Waals surface area (Å²) in [6.45, 7) is 3.16. The number of sulfone groups is 1. The molecule has 7 heteroatoms. The van der Waals surface area contributed by atoms with Crippen molar-refractivity contribution in [2.24, 2.45) is 0 Å². The Bertz CT molecular complexity index is 847. The molecule has 0 N–H and O–H groups in total. The topological polar surface area (TPSA) is 66.9 Å². The normalized spacial score (nSPS) is 27.0. The summed E-state index contributed by atoms with van der Waals surface area (Å²) in [6, 6.07) is 10.1. The van der Waals surface area contributed by atoms with Gasteiger partial charge in [0.15, 0.2) is 9.84 Å². The number of rotatable bonds is 6. The molecule has 0 spiro atoms. The van der Waals surface area contributed by atoms with Crippen molar-refractivity contribution in [3.63, 3.8) is 0 Å². The molecule has 0 aromatic heterocycles. The third-order valence-electron chi connectivity index (χ3n) is 6.19. The summed E-state index contributed by atoms with van der Waals surface area (Å²) in [6.07, 6.45) is 5.65. The predicted octanol–water partition coefficient (Wildman–Crippen LogP) is 1.97. The van der Waals surface area contributed by atoms with E-state index in [0.29, 0.717) is 19.5 Å². The second-order valence-corrected chi connectivity index (χ2v) is 10.5. The van der Waals surface area contributed by atoms with Gasteiger partial charge < -0.3 is 9.64 Å². The smallest absolute Gasteiger partial charge is 0.237 e. The lowest BCUT2D eigenvalue weighted by atomic mass is 9.99. The van der Waals surface area contributed by atoms with Gasteiger partial charge in [0.1, 0.15) is 0 Å². The van der Waals surface area contributed by atoms with Crippen LogP contribution in [0.3, 0.4) is 0 Å². The number of carbonyl (C=O) groups excluding carboxylic acids is 1. The monoisotopic (exact) mass is 418 g/mol. The average molecular weight is 419 g/mol. The van der Waals surface area contributed by atoms with Crippen molar-refractivity contribution in [3.05, 3.63) is 42.0 Å². The highest BCUT2D eigenvalue weighted by Gasteiger charge is 2.36. The van der Waals surface area contributed by atoms with Gasteiger partial charge >= 0.3 is 0 Å². The third-order valence-corrected chi connectivity index (χ3v) is 7.94. The van der Waals surface area contributed by atoms with Crippen LogP contribution in [-0.2, 0) is 19.4 Å². The molecule has 1 amide bonds. The molecule has 3 aliphatic rings. The van der Waals surface area contributed by atoms with Gasteiger partial charge in [-0.2, -0.15) is 0 Å². The highest BCUT2D eigenvalue weighted by Crippen LogP contribution is 2.24. The molecule has 0 bridgehead atoms. The lowest BCUT2D eigenvalue weighted by Gasteiger charge is -2.33. The standard InChI is InChI=1S/C22H30N2O4S/c25-22(16-23-11-8-19(9-12-23)18-5-2-1-3-6-18)24(15-21-7-4-13-28-21)20-10-14-29(26,27)17-20/h1-3,5-6,8,20-21H,4,7,9-17H2/t20-,21-/m0/s1. The molecule has 0 unspecified atom stereocenters. The zero-order chi connectivity index (χ0) is 20.3. The van der Waals surface area contributed by atoms with Crippen molar-refractivity contribution >= 4 is 21.3 Å². The maximum atomic E-state index is 13.2. The van der Waals surface area contributed by atoms with Gasteiger partial charge in [0, 0.05) is 32.3 Å². The minimum absolute atomic E-state index is 0.0270. The van der Waals surface area contributed by atoms with E-state index in [0.717, 1.165) is 39.0 Å². The van der Waals surface area contributed by atoms with E-state index in [1.165, 1.54) is 11.1 Å². The number of ether oxygens (including phenoxy) is 1. The molecule has 0 aliphatic carbocycles. The number of nitrogens with zero attached hydrogens (tertiary/aromatic N) is 2. The molecule has 6 nitrogen and oxygen atoms in total. The highest BCUT2D eigenvalue weighted by atomic mass is 32.2. The molecule has 2 atom stereocenters. The summed E-state index contributed by atoms with van der Waals surface area (Å²) in [5.41, 5.74) is 2.57. The first kappa shape index (κ1) is 20.6. The second-order valence-electron chi connectivity index (χ2n) is 8.32. The van der Waals surface area contributed by atoms with Crippen LogP contribution in [0.2, 0.25) is 0 Å². The molecule has 29 heavy (non-hydrogen) atoms. The molecule has 2 saturated heterocycles. The molecular formula is C22H30N2O4S. The third kappa shape index (κ3) is 5.27. The van der Waals surface area contributed by atoms with E-state index in [2.05, 4.69) is 23.1 Å². The van der Waals surface area contributed by atoms with Gasteiger partial charge in [-0.25, -0.2) is 8.42 Å². The first-order chi connectivity index (χ1) is 14.0. The number of hydrogen-bond acceptors (Lipinski definition) is 5. The lowest BCUT2D eigenvalue weighted by Crippen LogP contribution is -2.49. The van der Waals surface area contributed by atoms with Gasteiger partial charge in [-0.3, -0.25) is 9.69 Å². The summed E-state index contributed by atoms with van der Waals surface area (Å²) >= 11 is 0. The fraction of sp³-hybridized carbons (Fsp3) is 0.591. The van der Waals surface area contributed by atoms with Crippen molar-refractivity contribution in [1.29, 1.82) is 0 Å². The van der Waals surface area contributed by atoms with Crippen LogP contribution < -0.4 is 0 Å². The van der Waals surface area contributed by atoms with Gasteiger partial charge in [0.2, 0.25) is 5.91 Å². The van der Waals surface area contributed by atoms with Crippen molar-refractivity contribution < 1.29 is 17.9 Å². The summed E-state index contributed by atoms with van der Waals surface area (Å²) in [5.74, 6) is 0.294. The Morgan fingerprint density at radius 2 is 2.03 bits per heavy atom. The van der Waals surface area contributed by atoms with Gasteiger partial charge in [0.05, 0.1) is 24.2 Å². The molecule has 1 aromatic carbocycles. The number of hydrogen-bond donors (Lipinski definition) is 0. The Kier molecular flexibility index (Phi) is 6.37. The molecule has 4 rings (SSSR count). The Hall–Kier alpha value is -1.70. The van der Waals surface area contributed by atoms with E-state index >= 15 is 0 Å². The molecule has 3 heterocycles. The number of carbonyl (C=O) groups is 1. The lowest BCUT2D eigenvalue weighted by molar-refractivity contribution is -0.136. The van der Waals surface area contributed by atoms with Gasteiger partial charge in [-0.1, -0.05) is 36.4 Å². The predicted molar refractivity (Wildman–Crippen MR) is 113 cm³/mol. The maximum Gasteiger partial charge on any atom is 0.237 e. The zero-order valence-electron chi connectivity index (χ0n) is 16.8. The summed E-state index contributed by atoms with van der Waals surface area (Å²) in [4.78, 5) is 17.1. The highest BCUT2D eigenvalue weighted by molar-refractivity contribution is 7.91. The average Bonchev–Trinajstić information content (AvgIpc) is 3.36. The van der Waals surface area contributed by atoms with Crippen LogP contribution in [0.15, 0.2) is 36.4 Å². The first-order valence-corrected chi connectivity index (χ1v) is 12.4. The minimum Gasteiger partial charge on any atom is -0.376 e. The minimum atomic E-state index is -3.04. The number of amides is 1. The summed E-state index contributed by atoms with van der Waals surface area (Å²) < 4.78 is 29.7. The summed E-state index contributed by atoms with van der Waals surface area (Å²) in [5, 5.41) is 0. The van der Waals surface area contributed by atoms with Crippen LogP contribution in [0, 0.1) is 0 Å². The Morgan fingerprint density at radius 3 is 2.66 bits per heavy atom. The maximum absolute atomic E-state index is 13.2. The van der Waals surface area contributed by atoms with Crippen molar-refractivity contribution in [1.82, 2.24) is 9.80 Å². The van der Waals surface area contributed by atoms with Gasteiger partial charge in [-0.15, -0.1) is 0 Å². The molecule has 0 radical (unpaired) electrons. The Labute approximate surface area is 173 Å². The molecule has 0 saturated carbocycles. The SMILES string of the molecule is O=C(CN1CC=C(c2ccccc2)CC1)N(C[C@@H]1CCCO1)[C@H]1CCS(=O)(=O)C1. The van der Waals surface area contributed by atoms with E-state index in [1.54, 1.807) is 4.90 Å². The van der Waals surface area contributed by atoms with E-state index in [4.69, 9.17) is 4.74 Å². The van der Waals surface area contributed by atoms with Crippen LogP contribution in [-0.4, -0.2) is 80.6 Å².